The predicted octanol–water partition coefficient (Wildman–Crippen LogP) is 2.28. The zero-order valence-corrected chi connectivity index (χ0v) is 9.51. The number of alkyl halides is 3. The molecule has 0 aliphatic rings. The molecule has 0 radical (unpaired) electrons. The van der Waals surface area contributed by atoms with Crippen LogP contribution >= 0.6 is 10.7 Å². The maximum atomic E-state index is 12.3. The average molecular weight is 285 g/mol. The van der Waals surface area contributed by atoms with Crippen LogP contribution in [0.2, 0.25) is 0 Å². The van der Waals surface area contributed by atoms with Gasteiger partial charge in [-0.3, -0.25) is 0 Å². The number of nitrogens with zero attached hydrogens (tertiary/aromatic N) is 2. The lowest BCUT2D eigenvalue weighted by molar-refractivity contribution is -0.140. The Labute approximate surface area is 98.1 Å². The molecule has 0 bridgehead atoms. The number of hydrogen-bond donors (Lipinski definition) is 0. The molecule has 0 aliphatic carbocycles. The first-order chi connectivity index (χ1) is 7.68. The molecule has 2 aromatic rings. The van der Waals surface area contributed by atoms with Gasteiger partial charge in [-0.1, -0.05) is 0 Å². The molecular formula is C8H4ClF3N2O2S. The zero-order valence-electron chi connectivity index (χ0n) is 7.94. The third-order valence-corrected chi connectivity index (χ3v) is 3.33. The Morgan fingerprint density at radius 1 is 1.24 bits per heavy atom. The van der Waals surface area contributed by atoms with Crippen molar-refractivity contribution in [1.29, 1.82) is 0 Å². The monoisotopic (exact) mass is 284 g/mol. The molecular weight excluding hydrogens is 281 g/mol. The third-order valence-electron chi connectivity index (χ3n) is 2.00. The maximum absolute atomic E-state index is 12.3. The van der Waals surface area contributed by atoms with Gasteiger partial charge in [0.15, 0.2) is 5.69 Å². The van der Waals surface area contributed by atoms with Crippen LogP contribution < -0.4 is 0 Å². The van der Waals surface area contributed by atoms with Crippen LogP contribution in [0.3, 0.4) is 0 Å². The van der Waals surface area contributed by atoms with Crippen LogP contribution in [0.4, 0.5) is 13.2 Å². The first kappa shape index (κ1) is 12.2. The second-order valence-corrected chi connectivity index (χ2v) is 5.76. The second-order valence-electron chi connectivity index (χ2n) is 3.19. The van der Waals surface area contributed by atoms with Gasteiger partial charge in [-0.25, -0.2) is 13.4 Å². The standard InChI is InChI=1S/C8H4ClF3N2O2S/c9-17(15,16)5-1-2-7-13-6(8(10,11)12)4-14(7)3-5/h1-4H. The third kappa shape index (κ3) is 2.37. The van der Waals surface area contributed by atoms with Crippen molar-refractivity contribution in [2.45, 2.75) is 11.1 Å². The van der Waals surface area contributed by atoms with Gasteiger partial charge < -0.3 is 4.40 Å². The highest BCUT2D eigenvalue weighted by Gasteiger charge is 2.33. The largest absolute Gasteiger partial charge is 0.434 e. The molecule has 0 amide bonds. The minimum atomic E-state index is -4.58. The molecule has 0 unspecified atom stereocenters. The molecule has 0 saturated heterocycles. The van der Waals surface area contributed by atoms with Gasteiger partial charge in [0.2, 0.25) is 0 Å². The summed E-state index contributed by atoms with van der Waals surface area (Å²) in [5.41, 5.74) is -1.11. The van der Waals surface area contributed by atoms with Crippen molar-refractivity contribution in [3.63, 3.8) is 0 Å². The molecule has 9 heteroatoms. The number of hydrogen-bond acceptors (Lipinski definition) is 3. The fraction of sp³-hybridized carbons (Fsp3) is 0.125. The van der Waals surface area contributed by atoms with E-state index in [1.807, 2.05) is 0 Å². The minimum absolute atomic E-state index is 0.0126. The van der Waals surface area contributed by atoms with E-state index >= 15 is 0 Å². The number of fused-ring (bicyclic) bond motifs is 1. The molecule has 0 spiro atoms. The van der Waals surface area contributed by atoms with Gasteiger partial charge in [0, 0.05) is 23.1 Å². The molecule has 2 rings (SSSR count). The van der Waals surface area contributed by atoms with Crippen molar-refractivity contribution in [3.8, 4) is 0 Å². The molecule has 17 heavy (non-hydrogen) atoms. The number of rotatable bonds is 1. The Morgan fingerprint density at radius 2 is 1.88 bits per heavy atom. The Balaban J connectivity index is 2.64. The molecule has 0 fully saturated rings. The lowest BCUT2D eigenvalue weighted by atomic mass is 10.5. The highest BCUT2D eigenvalue weighted by Crippen LogP contribution is 2.28. The van der Waals surface area contributed by atoms with E-state index in [9.17, 15) is 21.6 Å². The van der Waals surface area contributed by atoms with Crippen LogP contribution in [-0.4, -0.2) is 17.8 Å². The van der Waals surface area contributed by atoms with E-state index in [0.29, 0.717) is 6.20 Å². The van der Waals surface area contributed by atoms with Crippen molar-refractivity contribution in [2.75, 3.05) is 0 Å². The van der Waals surface area contributed by atoms with Crippen LogP contribution in [0.1, 0.15) is 5.69 Å². The van der Waals surface area contributed by atoms with Crippen LogP contribution in [0.15, 0.2) is 29.4 Å². The maximum Gasteiger partial charge on any atom is 0.434 e. The molecule has 2 aromatic heterocycles. The van der Waals surface area contributed by atoms with Crippen molar-refractivity contribution in [1.82, 2.24) is 9.38 Å². The van der Waals surface area contributed by atoms with E-state index in [0.717, 1.165) is 22.7 Å². The lowest BCUT2D eigenvalue weighted by Gasteiger charge is -1.98. The van der Waals surface area contributed by atoms with E-state index in [1.54, 1.807) is 0 Å². The first-order valence-electron chi connectivity index (χ1n) is 4.18. The molecule has 0 N–H and O–H groups in total. The van der Waals surface area contributed by atoms with Gasteiger partial charge in [-0.05, 0) is 12.1 Å². The average Bonchev–Trinajstić information content (AvgIpc) is 2.57. The number of halogens is 4. The molecule has 0 saturated carbocycles. The summed E-state index contributed by atoms with van der Waals surface area (Å²) >= 11 is 0. The quantitative estimate of drug-likeness (QED) is 0.755. The van der Waals surface area contributed by atoms with E-state index < -0.39 is 20.9 Å². The summed E-state index contributed by atoms with van der Waals surface area (Å²) < 4.78 is 60.0. The normalized spacial score (nSPS) is 13.2. The van der Waals surface area contributed by atoms with Crippen molar-refractivity contribution in [3.05, 3.63) is 30.2 Å². The minimum Gasteiger partial charge on any atom is -0.305 e. The van der Waals surface area contributed by atoms with E-state index in [1.165, 1.54) is 0 Å². The van der Waals surface area contributed by atoms with E-state index in [-0.39, 0.29) is 10.5 Å². The Morgan fingerprint density at radius 3 is 2.41 bits per heavy atom. The fourth-order valence-electron chi connectivity index (χ4n) is 1.25. The highest BCUT2D eigenvalue weighted by molar-refractivity contribution is 8.13. The van der Waals surface area contributed by atoms with Crippen molar-refractivity contribution in [2.24, 2.45) is 0 Å². The van der Waals surface area contributed by atoms with Gasteiger partial charge in [0.1, 0.15) is 5.65 Å². The Hall–Kier alpha value is -1.28. The van der Waals surface area contributed by atoms with Crippen molar-refractivity contribution >= 4 is 25.4 Å². The summed E-state index contributed by atoms with van der Waals surface area (Å²) in [6.07, 6.45) is -2.91. The van der Waals surface area contributed by atoms with Gasteiger partial charge in [-0.15, -0.1) is 0 Å². The van der Waals surface area contributed by atoms with Crippen LogP contribution in [0, 0.1) is 0 Å². The second kappa shape index (κ2) is 3.61. The van der Waals surface area contributed by atoms with Crippen LogP contribution in [0.25, 0.3) is 5.65 Å². The molecule has 92 valence electrons. The number of imidazole rings is 1. The van der Waals surface area contributed by atoms with Crippen LogP contribution in [-0.2, 0) is 15.2 Å². The Kier molecular flexibility index (Phi) is 2.58. The first-order valence-corrected chi connectivity index (χ1v) is 6.49. The summed E-state index contributed by atoms with van der Waals surface area (Å²) in [6.45, 7) is 0. The van der Waals surface area contributed by atoms with E-state index in [4.69, 9.17) is 10.7 Å². The SMILES string of the molecule is O=S(=O)(Cl)c1ccc2nc(C(F)(F)F)cn2c1. The summed E-state index contributed by atoms with van der Waals surface area (Å²) in [6, 6.07) is 2.23. The zero-order chi connectivity index (χ0) is 12.8. The molecule has 4 nitrogen and oxygen atoms in total. The predicted molar refractivity (Wildman–Crippen MR) is 53.2 cm³/mol. The number of pyridine rings is 1. The van der Waals surface area contributed by atoms with E-state index in [2.05, 4.69) is 4.98 Å². The topological polar surface area (TPSA) is 51.4 Å². The lowest BCUT2D eigenvalue weighted by Crippen LogP contribution is -2.04. The van der Waals surface area contributed by atoms with Gasteiger partial charge in [0.05, 0.1) is 4.90 Å². The summed E-state index contributed by atoms with van der Waals surface area (Å²) in [5.74, 6) is 0. The fourth-order valence-corrected chi connectivity index (χ4v) is 2.00. The highest BCUT2D eigenvalue weighted by atomic mass is 35.7. The van der Waals surface area contributed by atoms with Crippen LogP contribution in [0.5, 0.6) is 0 Å². The molecule has 0 aliphatic heterocycles. The summed E-state index contributed by atoms with van der Waals surface area (Å²) in [7, 11) is 1.09. The summed E-state index contributed by atoms with van der Waals surface area (Å²) in [4.78, 5) is 3.01. The Bertz CT molecular complexity index is 678. The van der Waals surface area contributed by atoms with Gasteiger partial charge >= 0.3 is 6.18 Å². The summed E-state index contributed by atoms with van der Waals surface area (Å²) in [5, 5.41) is 0. The smallest absolute Gasteiger partial charge is 0.305 e. The van der Waals surface area contributed by atoms with Gasteiger partial charge in [0.25, 0.3) is 9.05 Å². The van der Waals surface area contributed by atoms with Gasteiger partial charge in [-0.2, -0.15) is 13.2 Å². The molecule has 0 atom stereocenters. The van der Waals surface area contributed by atoms with Crippen molar-refractivity contribution < 1.29 is 21.6 Å². The number of aromatic nitrogens is 2. The molecule has 0 aromatic carbocycles. The molecule has 2 heterocycles.